The van der Waals surface area contributed by atoms with Crippen LogP contribution < -0.4 is 5.32 Å². The Kier molecular flexibility index (Phi) is 4.59. The van der Waals surface area contributed by atoms with E-state index in [4.69, 9.17) is 10.4 Å². The van der Waals surface area contributed by atoms with E-state index in [9.17, 15) is 9.90 Å². The number of nitrogens with one attached hydrogen (secondary N) is 1. The number of aromatic nitrogens is 1. The van der Waals surface area contributed by atoms with Crippen molar-refractivity contribution in [1.29, 1.82) is 5.26 Å². The molecule has 0 saturated heterocycles. The highest BCUT2D eigenvalue weighted by atomic mass is 16.4. The number of nitriles is 1. The number of rotatable bonds is 5. The smallest absolute Gasteiger partial charge is 0.336 e. The zero-order valence-corrected chi connectivity index (χ0v) is 13.2. The molecule has 6 heteroatoms. The number of hydrogen-bond acceptors (Lipinski definition) is 5. The molecule has 0 aliphatic rings. The summed E-state index contributed by atoms with van der Waals surface area (Å²) < 4.78 is 0. The van der Waals surface area contributed by atoms with Gasteiger partial charge in [0, 0.05) is 23.7 Å². The van der Waals surface area contributed by atoms with Crippen LogP contribution in [0.15, 0.2) is 48.7 Å². The standard InChI is InChI=1S/C19H15N3O3/c20-10-12-3-1-4-13(9-12)16-11-22-18(21-7-8-23)17-14(16)5-2-6-15(17)19(24)25/h1-6,9,11,23H,7-8H2,(H,21,22)(H,24,25). The lowest BCUT2D eigenvalue weighted by Gasteiger charge is -2.14. The number of aliphatic hydroxyl groups is 1. The number of pyridine rings is 1. The van der Waals surface area contributed by atoms with E-state index < -0.39 is 5.97 Å². The zero-order chi connectivity index (χ0) is 17.8. The maximum atomic E-state index is 11.6. The van der Waals surface area contributed by atoms with Crippen LogP contribution in [0.3, 0.4) is 0 Å². The average Bonchev–Trinajstić information content (AvgIpc) is 2.65. The van der Waals surface area contributed by atoms with Crippen molar-refractivity contribution >= 4 is 22.6 Å². The molecule has 0 aliphatic carbocycles. The van der Waals surface area contributed by atoms with Crippen molar-refractivity contribution in [1.82, 2.24) is 4.98 Å². The largest absolute Gasteiger partial charge is 0.478 e. The molecule has 1 aromatic heterocycles. The van der Waals surface area contributed by atoms with Gasteiger partial charge in [0.05, 0.1) is 23.8 Å². The molecule has 3 N–H and O–H groups in total. The quantitative estimate of drug-likeness (QED) is 0.663. The first-order chi connectivity index (χ1) is 12.2. The molecule has 124 valence electrons. The molecule has 0 spiro atoms. The van der Waals surface area contributed by atoms with E-state index in [0.717, 1.165) is 11.1 Å². The number of fused-ring (bicyclic) bond motifs is 1. The van der Waals surface area contributed by atoms with Gasteiger partial charge in [-0.15, -0.1) is 0 Å². The molecule has 6 nitrogen and oxygen atoms in total. The summed E-state index contributed by atoms with van der Waals surface area (Å²) in [6.45, 7) is 0.170. The molecule has 0 atom stereocenters. The minimum absolute atomic E-state index is 0.0929. The third-order valence-corrected chi connectivity index (χ3v) is 3.85. The van der Waals surface area contributed by atoms with Crippen LogP contribution in [0.5, 0.6) is 0 Å². The van der Waals surface area contributed by atoms with Crippen molar-refractivity contribution in [3.8, 4) is 17.2 Å². The second-order valence-corrected chi connectivity index (χ2v) is 5.40. The number of hydrogen-bond donors (Lipinski definition) is 3. The Balaban J connectivity index is 2.30. The maximum Gasteiger partial charge on any atom is 0.336 e. The highest BCUT2D eigenvalue weighted by Crippen LogP contribution is 2.34. The Morgan fingerprint density at radius 2 is 2.04 bits per heavy atom. The Morgan fingerprint density at radius 1 is 1.24 bits per heavy atom. The molecule has 0 fully saturated rings. The third-order valence-electron chi connectivity index (χ3n) is 3.85. The van der Waals surface area contributed by atoms with Crippen molar-refractivity contribution in [2.45, 2.75) is 0 Å². The number of nitrogens with zero attached hydrogens (tertiary/aromatic N) is 2. The van der Waals surface area contributed by atoms with Crippen LogP contribution in [-0.4, -0.2) is 34.3 Å². The van der Waals surface area contributed by atoms with Crippen molar-refractivity contribution in [3.63, 3.8) is 0 Å². The maximum absolute atomic E-state index is 11.6. The molecule has 2 aromatic carbocycles. The van der Waals surface area contributed by atoms with Gasteiger partial charge in [-0.1, -0.05) is 24.3 Å². The molecular formula is C19H15N3O3. The zero-order valence-electron chi connectivity index (χ0n) is 13.2. The van der Waals surface area contributed by atoms with Gasteiger partial charge in [-0.25, -0.2) is 9.78 Å². The summed E-state index contributed by atoms with van der Waals surface area (Å²) in [4.78, 5) is 16.0. The Bertz CT molecular complexity index is 993. The first kappa shape index (κ1) is 16.4. The topological polar surface area (TPSA) is 106 Å². The van der Waals surface area contributed by atoms with Gasteiger partial charge >= 0.3 is 5.97 Å². The van der Waals surface area contributed by atoms with Crippen LogP contribution in [0.4, 0.5) is 5.82 Å². The van der Waals surface area contributed by atoms with E-state index in [-0.39, 0.29) is 18.7 Å². The molecule has 0 unspecified atom stereocenters. The lowest BCUT2D eigenvalue weighted by Crippen LogP contribution is -2.09. The molecule has 0 bridgehead atoms. The number of carbonyl (C=O) groups is 1. The Hall–Kier alpha value is -3.43. The van der Waals surface area contributed by atoms with E-state index in [0.29, 0.717) is 22.2 Å². The number of carboxylic acids is 1. The highest BCUT2D eigenvalue weighted by molar-refractivity contribution is 6.12. The summed E-state index contributed by atoms with van der Waals surface area (Å²) >= 11 is 0. The van der Waals surface area contributed by atoms with Crippen molar-refractivity contribution < 1.29 is 15.0 Å². The summed E-state index contributed by atoms with van der Waals surface area (Å²) in [5.41, 5.74) is 2.17. The minimum Gasteiger partial charge on any atom is -0.478 e. The summed E-state index contributed by atoms with van der Waals surface area (Å²) in [5, 5.41) is 31.8. The van der Waals surface area contributed by atoms with Gasteiger partial charge in [0.15, 0.2) is 0 Å². The van der Waals surface area contributed by atoms with Crippen LogP contribution in [0, 0.1) is 11.3 Å². The molecule has 25 heavy (non-hydrogen) atoms. The van der Waals surface area contributed by atoms with E-state index in [2.05, 4.69) is 16.4 Å². The second kappa shape index (κ2) is 6.99. The minimum atomic E-state index is -1.05. The normalized spacial score (nSPS) is 10.4. The van der Waals surface area contributed by atoms with E-state index in [1.165, 1.54) is 6.07 Å². The van der Waals surface area contributed by atoms with Crippen molar-refractivity contribution in [2.75, 3.05) is 18.5 Å². The van der Waals surface area contributed by atoms with E-state index in [1.54, 1.807) is 30.5 Å². The fraction of sp³-hybridized carbons (Fsp3) is 0.105. The van der Waals surface area contributed by atoms with Crippen LogP contribution in [0.1, 0.15) is 15.9 Å². The van der Waals surface area contributed by atoms with E-state index >= 15 is 0 Å². The number of anilines is 1. The third kappa shape index (κ3) is 3.13. The van der Waals surface area contributed by atoms with E-state index in [1.807, 2.05) is 12.1 Å². The van der Waals surface area contributed by atoms with Crippen LogP contribution in [0.25, 0.3) is 21.9 Å². The molecule has 0 aliphatic heterocycles. The van der Waals surface area contributed by atoms with Crippen molar-refractivity contribution in [3.05, 3.63) is 59.8 Å². The van der Waals surface area contributed by atoms with Gasteiger partial charge in [-0.05, 0) is 29.1 Å². The number of aromatic carboxylic acids is 1. The first-order valence-electron chi connectivity index (χ1n) is 7.66. The molecule has 3 rings (SSSR count). The Labute approximate surface area is 144 Å². The molecule has 0 radical (unpaired) electrons. The average molecular weight is 333 g/mol. The predicted molar refractivity (Wildman–Crippen MR) is 94.4 cm³/mol. The monoisotopic (exact) mass is 333 g/mol. The molecule has 3 aromatic rings. The number of benzene rings is 2. The van der Waals surface area contributed by atoms with Gasteiger partial charge in [0.2, 0.25) is 0 Å². The first-order valence-corrected chi connectivity index (χ1v) is 7.66. The summed E-state index contributed by atoms with van der Waals surface area (Å²) in [6.07, 6.45) is 1.64. The fourth-order valence-electron chi connectivity index (χ4n) is 2.77. The predicted octanol–water partition coefficient (Wildman–Crippen LogP) is 2.88. The second-order valence-electron chi connectivity index (χ2n) is 5.40. The van der Waals surface area contributed by atoms with Crippen LogP contribution >= 0.6 is 0 Å². The van der Waals surface area contributed by atoms with Crippen LogP contribution in [0.2, 0.25) is 0 Å². The highest BCUT2D eigenvalue weighted by Gasteiger charge is 2.16. The van der Waals surface area contributed by atoms with Gasteiger partial charge in [-0.2, -0.15) is 5.26 Å². The van der Waals surface area contributed by atoms with Gasteiger partial charge < -0.3 is 15.5 Å². The van der Waals surface area contributed by atoms with Crippen molar-refractivity contribution in [2.24, 2.45) is 0 Å². The molecule has 0 saturated carbocycles. The number of carboxylic acid groups (broad SMARTS) is 1. The van der Waals surface area contributed by atoms with Gasteiger partial charge in [0.25, 0.3) is 0 Å². The summed E-state index contributed by atoms with van der Waals surface area (Å²) in [7, 11) is 0. The molecule has 1 heterocycles. The van der Waals surface area contributed by atoms with Gasteiger partial charge in [0.1, 0.15) is 5.82 Å². The van der Waals surface area contributed by atoms with Crippen LogP contribution in [-0.2, 0) is 0 Å². The Morgan fingerprint density at radius 3 is 2.76 bits per heavy atom. The molecule has 0 amide bonds. The summed E-state index contributed by atoms with van der Waals surface area (Å²) in [6, 6.07) is 14.2. The lowest BCUT2D eigenvalue weighted by atomic mass is 9.96. The lowest BCUT2D eigenvalue weighted by molar-refractivity contribution is 0.0699. The molecular weight excluding hydrogens is 318 g/mol. The summed E-state index contributed by atoms with van der Waals surface area (Å²) in [5.74, 6) is -0.649. The SMILES string of the molecule is N#Cc1cccc(-c2cnc(NCCO)c3c(C(=O)O)cccc23)c1. The fourth-order valence-corrected chi connectivity index (χ4v) is 2.77. The number of aliphatic hydroxyl groups excluding tert-OH is 1. The van der Waals surface area contributed by atoms with Gasteiger partial charge in [-0.3, -0.25) is 0 Å².